The van der Waals surface area contributed by atoms with Crippen LogP contribution in [0.2, 0.25) is 0 Å². The third kappa shape index (κ3) is 2.59. The van der Waals surface area contributed by atoms with Gasteiger partial charge in [0.1, 0.15) is 18.2 Å². The van der Waals surface area contributed by atoms with E-state index in [1.165, 1.54) is 5.56 Å². The number of aromatic nitrogens is 2. The van der Waals surface area contributed by atoms with Crippen LogP contribution in [0.4, 0.5) is 0 Å². The molecule has 23 heavy (non-hydrogen) atoms. The SMILES string of the molecule is O=C(O)c1cn2c(n1)-c1ccc(C3CCNCC3)cc1OCC2. The molecule has 1 aromatic heterocycles. The van der Waals surface area contributed by atoms with Gasteiger partial charge in [0.15, 0.2) is 5.69 Å². The normalized spacial score (nSPS) is 17.7. The average Bonchev–Trinajstić information content (AvgIpc) is 2.93. The summed E-state index contributed by atoms with van der Waals surface area (Å²) >= 11 is 0. The number of carboxylic acid groups (broad SMARTS) is 1. The molecule has 2 aliphatic heterocycles. The van der Waals surface area contributed by atoms with Crippen molar-refractivity contribution < 1.29 is 14.6 Å². The highest BCUT2D eigenvalue weighted by atomic mass is 16.5. The minimum atomic E-state index is -1.00. The number of ether oxygens (including phenoxy) is 1. The molecular weight excluding hydrogens is 294 g/mol. The molecule has 0 atom stereocenters. The minimum Gasteiger partial charge on any atom is -0.491 e. The second-order valence-electron chi connectivity index (χ2n) is 6.08. The lowest BCUT2D eigenvalue weighted by atomic mass is 9.89. The van der Waals surface area contributed by atoms with E-state index in [9.17, 15) is 4.79 Å². The van der Waals surface area contributed by atoms with Gasteiger partial charge in [-0.2, -0.15) is 0 Å². The molecule has 0 radical (unpaired) electrons. The van der Waals surface area contributed by atoms with E-state index >= 15 is 0 Å². The Bertz CT molecular complexity index is 748. The van der Waals surface area contributed by atoms with Gasteiger partial charge in [-0.3, -0.25) is 0 Å². The van der Waals surface area contributed by atoms with Crippen molar-refractivity contribution in [3.63, 3.8) is 0 Å². The lowest BCUT2D eigenvalue weighted by Crippen LogP contribution is -2.26. The molecule has 0 bridgehead atoms. The monoisotopic (exact) mass is 313 g/mol. The molecule has 4 rings (SSSR count). The smallest absolute Gasteiger partial charge is 0.356 e. The largest absolute Gasteiger partial charge is 0.491 e. The highest BCUT2D eigenvalue weighted by Gasteiger charge is 2.23. The molecule has 2 N–H and O–H groups in total. The first-order valence-electron chi connectivity index (χ1n) is 8.00. The van der Waals surface area contributed by atoms with Crippen LogP contribution in [0.5, 0.6) is 5.75 Å². The Morgan fingerprint density at radius 2 is 2.17 bits per heavy atom. The minimum absolute atomic E-state index is 0.0790. The summed E-state index contributed by atoms with van der Waals surface area (Å²) in [4.78, 5) is 15.4. The zero-order valence-corrected chi connectivity index (χ0v) is 12.8. The second kappa shape index (κ2) is 5.70. The van der Waals surface area contributed by atoms with Crippen LogP contribution in [-0.4, -0.2) is 40.3 Å². The summed E-state index contributed by atoms with van der Waals surface area (Å²) < 4.78 is 7.76. The molecule has 0 amide bonds. The van der Waals surface area contributed by atoms with Gasteiger partial charge in [0, 0.05) is 6.20 Å². The van der Waals surface area contributed by atoms with Crippen LogP contribution in [-0.2, 0) is 6.54 Å². The molecule has 1 aromatic carbocycles. The van der Waals surface area contributed by atoms with Crippen LogP contribution >= 0.6 is 0 Å². The number of carboxylic acids is 1. The van der Waals surface area contributed by atoms with E-state index in [-0.39, 0.29) is 5.69 Å². The van der Waals surface area contributed by atoms with E-state index in [4.69, 9.17) is 9.84 Å². The van der Waals surface area contributed by atoms with Crippen LogP contribution in [0.3, 0.4) is 0 Å². The van der Waals surface area contributed by atoms with Gasteiger partial charge in [-0.15, -0.1) is 0 Å². The van der Waals surface area contributed by atoms with Gasteiger partial charge in [0.25, 0.3) is 0 Å². The lowest BCUT2D eigenvalue weighted by molar-refractivity contribution is 0.0691. The number of benzene rings is 1. The fourth-order valence-corrected chi connectivity index (χ4v) is 3.41. The topological polar surface area (TPSA) is 76.4 Å². The highest BCUT2D eigenvalue weighted by molar-refractivity contribution is 5.86. The number of hydrogen-bond donors (Lipinski definition) is 2. The number of nitrogens with one attached hydrogen (secondary N) is 1. The molecule has 3 heterocycles. The molecule has 0 aliphatic carbocycles. The van der Waals surface area contributed by atoms with E-state index in [1.54, 1.807) is 6.20 Å². The number of imidazole rings is 1. The van der Waals surface area contributed by atoms with E-state index in [0.717, 1.165) is 37.2 Å². The maximum absolute atomic E-state index is 11.2. The molecule has 2 aromatic rings. The zero-order valence-electron chi connectivity index (χ0n) is 12.8. The number of rotatable bonds is 2. The Kier molecular flexibility index (Phi) is 3.53. The van der Waals surface area contributed by atoms with Gasteiger partial charge < -0.3 is 19.7 Å². The predicted octanol–water partition coefficient (Wildman–Crippen LogP) is 2.11. The van der Waals surface area contributed by atoms with Gasteiger partial charge in [0.2, 0.25) is 0 Å². The third-order valence-corrected chi connectivity index (χ3v) is 4.64. The second-order valence-corrected chi connectivity index (χ2v) is 6.08. The van der Waals surface area contributed by atoms with Crippen LogP contribution in [0.1, 0.15) is 34.8 Å². The van der Waals surface area contributed by atoms with Crippen molar-refractivity contribution in [2.45, 2.75) is 25.3 Å². The molecule has 1 saturated heterocycles. The molecule has 2 aliphatic rings. The molecule has 6 nitrogen and oxygen atoms in total. The van der Waals surface area contributed by atoms with E-state index in [0.29, 0.717) is 24.9 Å². The average molecular weight is 313 g/mol. The lowest BCUT2D eigenvalue weighted by Gasteiger charge is -2.23. The van der Waals surface area contributed by atoms with E-state index in [2.05, 4.69) is 22.4 Å². The summed E-state index contributed by atoms with van der Waals surface area (Å²) in [5.74, 6) is 1.04. The van der Waals surface area contributed by atoms with Gasteiger partial charge in [0.05, 0.1) is 12.1 Å². The van der Waals surface area contributed by atoms with Crippen molar-refractivity contribution in [2.75, 3.05) is 19.7 Å². The summed E-state index contributed by atoms with van der Waals surface area (Å²) in [6, 6.07) is 6.25. The number of nitrogens with zero attached hydrogens (tertiary/aromatic N) is 2. The molecule has 0 spiro atoms. The van der Waals surface area contributed by atoms with Crippen molar-refractivity contribution in [1.29, 1.82) is 0 Å². The maximum Gasteiger partial charge on any atom is 0.356 e. The van der Waals surface area contributed by atoms with Crippen LogP contribution < -0.4 is 10.1 Å². The Morgan fingerprint density at radius 3 is 2.96 bits per heavy atom. The van der Waals surface area contributed by atoms with Crippen LogP contribution in [0.15, 0.2) is 24.4 Å². The Balaban J connectivity index is 1.73. The number of fused-ring (bicyclic) bond motifs is 3. The summed E-state index contributed by atoms with van der Waals surface area (Å²) in [5.41, 5.74) is 2.24. The van der Waals surface area contributed by atoms with Gasteiger partial charge >= 0.3 is 5.97 Å². The summed E-state index contributed by atoms with van der Waals surface area (Å²) in [5, 5.41) is 12.5. The zero-order chi connectivity index (χ0) is 15.8. The molecular formula is C17H19N3O3. The first-order chi connectivity index (χ1) is 11.2. The molecule has 0 unspecified atom stereocenters. The van der Waals surface area contributed by atoms with E-state index < -0.39 is 5.97 Å². The van der Waals surface area contributed by atoms with Crippen molar-refractivity contribution in [3.8, 4) is 17.1 Å². The van der Waals surface area contributed by atoms with Crippen molar-refractivity contribution in [3.05, 3.63) is 35.7 Å². The van der Waals surface area contributed by atoms with Crippen molar-refractivity contribution in [2.24, 2.45) is 0 Å². The number of aromatic carboxylic acids is 1. The first-order valence-corrected chi connectivity index (χ1v) is 8.00. The van der Waals surface area contributed by atoms with Gasteiger partial charge in [-0.25, -0.2) is 9.78 Å². The summed E-state index contributed by atoms with van der Waals surface area (Å²) in [6.45, 7) is 3.22. The first kappa shape index (κ1) is 14.3. The summed E-state index contributed by atoms with van der Waals surface area (Å²) in [7, 11) is 0. The van der Waals surface area contributed by atoms with E-state index in [1.807, 2.05) is 10.6 Å². The molecule has 1 fully saturated rings. The number of hydrogen-bond acceptors (Lipinski definition) is 4. The molecule has 120 valence electrons. The quantitative estimate of drug-likeness (QED) is 0.888. The Labute approximate surface area is 134 Å². The van der Waals surface area contributed by atoms with Crippen LogP contribution in [0.25, 0.3) is 11.4 Å². The summed E-state index contributed by atoms with van der Waals surface area (Å²) in [6.07, 6.45) is 3.85. The number of carbonyl (C=O) groups is 1. The van der Waals surface area contributed by atoms with Crippen molar-refractivity contribution >= 4 is 5.97 Å². The highest BCUT2D eigenvalue weighted by Crippen LogP contribution is 2.36. The van der Waals surface area contributed by atoms with Crippen molar-refractivity contribution in [1.82, 2.24) is 14.9 Å². The maximum atomic E-state index is 11.2. The van der Waals surface area contributed by atoms with Crippen LogP contribution in [0, 0.1) is 0 Å². The fraction of sp³-hybridized carbons (Fsp3) is 0.412. The fourth-order valence-electron chi connectivity index (χ4n) is 3.41. The predicted molar refractivity (Wildman–Crippen MR) is 85.0 cm³/mol. The third-order valence-electron chi connectivity index (χ3n) is 4.64. The Hall–Kier alpha value is -2.34. The van der Waals surface area contributed by atoms with Gasteiger partial charge in [-0.1, -0.05) is 6.07 Å². The standard InChI is InChI=1S/C17H19N3O3/c21-17(22)14-10-20-7-8-23-15-9-12(11-3-5-18-6-4-11)1-2-13(15)16(20)19-14/h1-2,9-11,18H,3-8H2,(H,21,22). The molecule has 0 saturated carbocycles. The van der Waals surface area contributed by atoms with Gasteiger partial charge in [-0.05, 0) is 49.5 Å². The molecule has 6 heteroatoms. The number of piperidine rings is 1. The Morgan fingerprint density at radius 1 is 1.35 bits per heavy atom.